The van der Waals surface area contributed by atoms with Gasteiger partial charge in [-0.1, -0.05) is 13.0 Å². The number of nitrogens with one attached hydrogen (secondary N) is 1. The van der Waals surface area contributed by atoms with E-state index in [0.29, 0.717) is 30.2 Å². The average Bonchev–Trinajstić information content (AvgIpc) is 3.14. The molecule has 2 aromatic rings. The highest BCUT2D eigenvalue weighted by Crippen LogP contribution is 2.27. The quantitative estimate of drug-likeness (QED) is 0.726. The zero-order valence-electron chi connectivity index (χ0n) is 16.5. The van der Waals surface area contributed by atoms with Gasteiger partial charge in [-0.15, -0.1) is 0 Å². The smallest absolute Gasteiger partial charge is 0.338 e. The zero-order valence-corrected chi connectivity index (χ0v) is 16.5. The third kappa shape index (κ3) is 4.93. The highest BCUT2D eigenvalue weighted by Gasteiger charge is 2.35. The maximum atomic E-state index is 12.7. The van der Waals surface area contributed by atoms with Crippen LogP contribution in [0.4, 0.5) is 11.4 Å². The highest BCUT2D eigenvalue weighted by atomic mass is 16.5. The maximum absolute atomic E-state index is 12.7. The van der Waals surface area contributed by atoms with Crippen LogP contribution in [0.25, 0.3) is 0 Å². The Labute approximate surface area is 169 Å². The Morgan fingerprint density at radius 1 is 1.17 bits per heavy atom. The van der Waals surface area contributed by atoms with Crippen molar-refractivity contribution in [2.75, 3.05) is 30.5 Å². The number of ether oxygens (including phenoxy) is 2. The number of methoxy groups -OCH3 is 1. The van der Waals surface area contributed by atoms with Crippen molar-refractivity contribution in [2.24, 2.45) is 5.92 Å². The van der Waals surface area contributed by atoms with Gasteiger partial charge in [0, 0.05) is 24.3 Å². The van der Waals surface area contributed by atoms with Gasteiger partial charge in [0.05, 0.1) is 25.2 Å². The molecule has 1 aliphatic heterocycles. The Hall–Kier alpha value is -3.35. The summed E-state index contributed by atoms with van der Waals surface area (Å²) < 4.78 is 10.3. The number of carbonyl (C=O) groups excluding carboxylic acids is 3. The summed E-state index contributed by atoms with van der Waals surface area (Å²) in [6.45, 7) is 2.57. The molecule has 0 bridgehead atoms. The van der Waals surface area contributed by atoms with Crippen LogP contribution in [0.2, 0.25) is 0 Å². The third-order valence-corrected chi connectivity index (χ3v) is 4.68. The summed E-state index contributed by atoms with van der Waals surface area (Å²) in [6, 6.07) is 13.7. The monoisotopic (exact) mass is 396 g/mol. The minimum atomic E-state index is -0.472. The lowest BCUT2D eigenvalue weighted by atomic mass is 10.1. The number of hydrogen-bond donors (Lipinski definition) is 1. The number of hydrogen-bond acceptors (Lipinski definition) is 5. The summed E-state index contributed by atoms with van der Waals surface area (Å²) in [5.41, 5.74) is 1.60. The van der Waals surface area contributed by atoms with Crippen LogP contribution >= 0.6 is 0 Å². The molecule has 1 saturated heterocycles. The van der Waals surface area contributed by atoms with E-state index < -0.39 is 11.9 Å². The van der Waals surface area contributed by atoms with E-state index in [9.17, 15) is 14.4 Å². The van der Waals surface area contributed by atoms with Gasteiger partial charge >= 0.3 is 5.97 Å². The molecule has 0 spiro atoms. The van der Waals surface area contributed by atoms with E-state index in [4.69, 9.17) is 9.47 Å². The Kier molecular flexibility index (Phi) is 6.49. The summed E-state index contributed by atoms with van der Waals surface area (Å²) >= 11 is 0. The fraction of sp³-hybridized carbons (Fsp3) is 0.318. The van der Waals surface area contributed by atoms with Gasteiger partial charge in [-0.3, -0.25) is 9.59 Å². The van der Waals surface area contributed by atoms with Crippen LogP contribution in [0.5, 0.6) is 5.75 Å². The van der Waals surface area contributed by atoms with E-state index >= 15 is 0 Å². The largest absolute Gasteiger partial charge is 0.497 e. The molecule has 0 aromatic heterocycles. The van der Waals surface area contributed by atoms with Crippen LogP contribution in [0, 0.1) is 5.92 Å². The van der Waals surface area contributed by atoms with E-state index in [1.54, 1.807) is 60.5 Å². The number of amides is 2. The second-order valence-electron chi connectivity index (χ2n) is 6.81. The molecular formula is C22H24N2O5. The SMILES string of the molecule is CCCOC(=O)c1cccc(NC(=O)C2CC(=O)N(c3ccc(OC)cc3)C2)c1. The van der Waals surface area contributed by atoms with Crippen molar-refractivity contribution in [3.8, 4) is 5.75 Å². The molecule has 29 heavy (non-hydrogen) atoms. The van der Waals surface area contributed by atoms with E-state index in [2.05, 4.69) is 5.32 Å². The molecule has 0 saturated carbocycles. The van der Waals surface area contributed by atoms with Crippen LogP contribution in [0.3, 0.4) is 0 Å². The second-order valence-corrected chi connectivity index (χ2v) is 6.81. The molecule has 1 N–H and O–H groups in total. The second kappa shape index (κ2) is 9.23. The molecule has 7 nitrogen and oxygen atoms in total. The van der Waals surface area contributed by atoms with Crippen molar-refractivity contribution in [3.63, 3.8) is 0 Å². The van der Waals surface area contributed by atoms with Crippen LogP contribution in [0.1, 0.15) is 30.1 Å². The first kappa shape index (κ1) is 20.4. The normalized spacial score (nSPS) is 15.9. The molecule has 0 radical (unpaired) electrons. The minimum Gasteiger partial charge on any atom is -0.497 e. The van der Waals surface area contributed by atoms with Crippen molar-refractivity contribution in [3.05, 3.63) is 54.1 Å². The standard InChI is InChI=1S/C22H24N2O5/c1-3-11-29-22(27)15-5-4-6-17(12-15)23-21(26)16-13-20(25)24(14-16)18-7-9-19(28-2)10-8-18/h4-10,12,16H,3,11,13-14H2,1-2H3,(H,23,26). The number of carbonyl (C=O) groups is 3. The number of esters is 1. The van der Waals surface area contributed by atoms with E-state index in [1.165, 1.54) is 0 Å². The molecule has 1 heterocycles. The molecule has 1 atom stereocenters. The summed E-state index contributed by atoms with van der Waals surface area (Å²) in [4.78, 5) is 38.6. The van der Waals surface area contributed by atoms with Crippen molar-refractivity contribution in [1.82, 2.24) is 0 Å². The molecule has 0 aliphatic carbocycles. The van der Waals surface area contributed by atoms with Gasteiger partial charge in [0.25, 0.3) is 0 Å². The highest BCUT2D eigenvalue weighted by molar-refractivity contribution is 6.04. The zero-order chi connectivity index (χ0) is 20.8. The first-order chi connectivity index (χ1) is 14.0. The molecule has 1 aliphatic rings. The summed E-state index contributed by atoms with van der Waals surface area (Å²) in [5.74, 6) is -0.558. The molecule has 2 aromatic carbocycles. The fourth-order valence-electron chi connectivity index (χ4n) is 3.14. The first-order valence-electron chi connectivity index (χ1n) is 9.54. The number of nitrogens with zero attached hydrogens (tertiary/aromatic N) is 1. The Bertz CT molecular complexity index is 894. The number of benzene rings is 2. The molecule has 7 heteroatoms. The molecule has 1 fully saturated rings. The third-order valence-electron chi connectivity index (χ3n) is 4.68. The van der Waals surface area contributed by atoms with Gasteiger partial charge in [0.1, 0.15) is 5.75 Å². The molecule has 152 valence electrons. The minimum absolute atomic E-state index is 0.104. The predicted molar refractivity (Wildman–Crippen MR) is 109 cm³/mol. The lowest BCUT2D eigenvalue weighted by Gasteiger charge is -2.17. The van der Waals surface area contributed by atoms with Gasteiger partial charge in [-0.2, -0.15) is 0 Å². The number of anilines is 2. The Balaban J connectivity index is 1.64. The van der Waals surface area contributed by atoms with Crippen molar-refractivity contribution in [1.29, 1.82) is 0 Å². The Morgan fingerprint density at radius 2 is 1.93 bits per heavy atom. The first-order valence-corrected chi connectivity index (χ1v) is 9.54. The average molecular weight is 396 g/mol. The maximum Gasteiger partial charge on any atom is 0.338 e. The van der Waals surface area contributed by atoms with E-state index in [-0.39, 0.29) is 18.2 Å². The van der Waals surface area contributed by atoms with Crippen LogP contribution < -0.4 is 15.0 Å². The van der Waals surface area contributed by atoms with Crippen LogP contribution in [-0.4, -0.2) is 38.0 Å². The van der Waals surface area contributed by atoms with E-state index in [0.717, 1.165) is 12.1 Å². The molecular weight excluding hydrogens is 372 g/mol. The van der Waals surface area contributed by atoms with Gasteiger partial charge in [-0.25, -0.2) is 4.79 Å². The summed E-state index contributed by atoms with van der Waals surface area (Å²) in [5, 5.41) is 2.80. The molecule has 2 amide bonds. The van der Waals surface area contributed by atoms with Crippen LogP contribution in [-0.2, 0) is 14.3 Å². The van der Waals surface area contributed by atoms with Gasteiger partial charge in [-0.05, 0) is 48.9 Å². The Morgan fingerprint density at radius 3 is 2.62 bits per heavy atom. The van der Waals surface area contributed by atoms with Crippen molar-refractivity contribution in [2.45, 2.75) is 19.8 Å². The molecule has 3 rings (SSSR count). The number of rotatable bonds is 7. The topological polar surface area (TPSA) is 84.9 Å². The van der Waals surface area contributed by atoms with Gasteiger partial charge < -0.3 is 19.7 Å². The van der Waals surface area contributed by atoms with Crippen molar-refractivity contribution >= 4 is 29.2 Å². The van der Waals surface area contributed by atoms with Crippen LogP contribution in [0.15, 0.2) is 48.5 Å². The molecule has 1 unspecified atom stereocenters. The summed E-state index contributed by atoms with van der Waals surface area (Å²) in [6.07, 6.45) is 0.874. The van der Waals surface area contributed by atoms with Gasteiger partial charge in [0.15, 0.2) is 0 Å². The fourth-order valence-corrected chi connectivity index (χ4v) is 3.14. The van der Waals surface area contributed by atoms with E-state index in [1.807, 2.05) is 6.92 Å². The summed E-state index contributed by atoms with van der Waals surface area (Å²) in [7, 11) is 1.58. The lowest BCUT2D eigenvalue weighted by Crippen LogP contribution is -2.28. The predicted octanol–water partition coefficient (Wildman–Crippen LogP) is 3.25. The lowest BCUT2D eigenvalue weighted by molar-refractivity contribution is -0.122. The van der Waals surface area contributed by atoms with Crippen molar-refractivity contribution < 1.29 is 23.9 Å². The van der Waals surface area contributed by atoms with Gasteiger partial charge in [0.2, 0.25) is 11.8 Å².